The molecule has 0 aromatic heterocycles. The summed E-state index contributed by atoms with van der Waals surface area (Å²) in [7, 11) is 0. The van der Waals surface area contributed by atoms with Crippen LogP contribution in [0.25, 0.3) is 0 Å². The smallest absolute Gasteiger partial charge is 0.127 e. The molecule has 1 unspecified atom stereocenters. The maximum absolute atomic E-state index is 5.89. The van der Waals surface area contributed by atoms with Gasteiger partial charge in [0.1, 0.15) is 23.0 Å². The van der Waals surface area contributed by atoms with Crippen molar-refractivity contribution < 1.29 is 9.47 Å². The fourth-order valence-corrected chi connectivity index (χ4v) is 3.62. The lowest BCUT2D eigenvalue weighted by atomic mass is 9.94. The first-order chi connectivity index (χ1) is 15.3. The largest absolute Gasteiger partial charge is 0.457 e. The van der Waals surface area contributed by atoms with Gasteiger partial charge in [-0.25, -0.2) is 0 Å². The normalized spacial score (nSPS) is 11.6. The number of rotatable bonds is 9. The Morgan fingerprint density at radius 2 is 1.00 bits per heavy atom. The van der Waals surface area contributed by atoms with Crippen LogP contribution in [0, 0.1) is 0 Å². The van der Waals surface area contributed by atoms with Crippen LogP contribution in [0.1, 0.15) is 36.8 Å². The zero-order valence-electron chi connectivity index (χ0n) is 17.9. The van der Waals surface area contributed by atoms with Crippen molar-refractivity contribution in [1.29, 1.82) is 0 Å². The summed E-state index contributed by atoms with van der Waals surface area (Å²) in [5, 5.41) is 0. The molecule has 2 heteroatoms. The van der Waals surface area contributed by atoms with E-state index in [9.17, 15) is 0 Å². The van der Waals surface area contributed by atoms with Crippen LogP contribution in [0.4, 0.5) is 0 Å². The molecule has 0 spiro atoms. The summed E-state index contributed by atoms with van der Waals surface area (Å²) >= 11 is 0. The average Bonchev–Trinajstić information content (AvgIpc) is 2.82. The third-order valence-corrected chi connectivity index (χ3v) is 5.43. The molecule has 0 heterocycles. The third kappa shape index (κ3) is 6.23. The van der Waals surface area contributed by atoms with Crippen LogP contribution in [0.15, 0.2) is 109 Å². The average molecular weight is 409 g/mol. The number of ether oxygens (including phenoxy) is 2. The number of hydrogen-bond acceptors (Lipinski definition) is 2. The number of hydrogen-bond donors (Lipinski definition) is 0. The van der Waals surface area contributed by atoms with Gasteiger partial charge in [0.25, 0.3) is 0 Å². The van der Waals surface area contributed by atoms with Gasteiger partial charge < -0.3 is 9.47 Å². The van der Waals surface area contributed by atoms with Gasteiger partial charge in [0, 0.05) is 0 Å². The Morgan fingerprint density at radius 1 is 0.548 bits per heavy atom. The molecule has 0 bridgehead atoms. The molecule has 4 aromatic rings. The molecule has 0 amide bonds. The van der Waals surface area contributed by atoms with Gasteiger partial charge >= 0.3 is 0 Å². The van der Waals surface area contributed by atoms with E-state index >= 15 is 0 Å². The Bertz CT molecular complexity index is 1040. The fourth-order valence-electron chi connectivity index (χ4n) is 3.62. The lowest BCUT2D eigenvalue weighted by molar-refractivity contribution is 0.481. The van der Waals surface area contributed by atoms with E-state index in [4.69, 9.17) is 9.47 Å². The summed E-state index contributed by atoms with van der Waals surface area (Å²) in [5.74, 6) is 4.00. The van der Waals surface area contributed by atoms with Crippen LogP contribution >= 0.6 is 0 Å². The SMILES string of the molecule is CC(CCCc1ccc(Oc2ccccc2)cc1)c1ccc(Oc2ccccc2)cc1. The molecule has 0 N–H and O–H groups in total. The highest BCUT2D eigenvalue weighted by Gasteiger charge is 2.07. The van der Waals surface area contributed by atoms with E-state index in [-0.39, 0.29) is 0 Å². The molecule has 1 atom stereocenters. The van der Waals surface area contributed by atoms with Crippen LogP contribution in [0.5, 0.6) is 23.0 Å². The highest BCUT2D eigenvalue weighted by molar-refractivity contribution is 5.35. The maximum Gasteiger partial charge on any atom is 0.127 e. The van der Waals surface area contributed by atoms with Gasteiger partial charge in [0.2, 0.25) is 0 Å². The van der Waals surface area contributed by atoms with E-state index in [1.165, 1.54) is 11.1 Å². The summed E-state index contributed by atoms with van der Waals surface area (Å²) in [5.41, 5.74) is 2.70. The maximum atomic E-state index is 5.89. The highest BCUT2D eigenvalue weighted by atomic mass is 16.5. The first-order valence-corrected chi connectivity index (χ1v) is 10.9. The molecular formula is C29H28O2. The van der Waals surface area contributed by atoms with Crippen molar-refractivity contribution in [3.8, 4) is 23.0 Å². The van der Waals surface area contributed by atoms with Crippen molar-refractivity contribution in [3.63, 3.8) is 0 Å². The van der Waals surface area contributed by atoms with Crippen LogP contribution in [0.2, 0.25) is 0 Å². The summed E-state index contributed by atoms with van der Waals surface area (Å²) in [4.78, 5) is 0. The monoisotopic (exact) mass is 408 g/mol. The zero-order chi connectivity index (χ0) is 21.3. The van der Waals surface area contributed by atoms with E-state index in [1.54, 1.807) is 0 Å². The first kappa shape index (κ1) is 20.7. The summed E-state index contributed by atoms with van der Waals surface area (Å²) in [6.07, 6.45) is 3.38. The molecule has 0 saturated carbocycles. The molecule has 0 saturated heterocycles. The van der Waals surface area contributed by atoms with E-state index in [1.807, 2.05) is 60.7 Å². The van der Waals surface area contributed by atoms with Crippen LogP contribution in [0.3, 0.4) is 0 Å². The number of benzene rings is 4. The Balaban J connectivity index is 1.23. The second-order valence-electron chi connectivity index (χ2n) is 7.84. The molecular weight excluding hydrogens is 380 g/mol. The molecule has 31 heavy (non-hydrogen) atoms. The van der Waals surface area contributed by atoms with Crippen molar-refractivity contribution in [2.45, 2.75) is 32.1 Å². The fraction of sp³-hybridized carbons (Fsp3) is 0.172. The first-order valence-electron chi connectivity index (χ1n) is 10.9. The van der Waals surface area contributed by atoms with Crippen LogP contribution in [-0.4, -0.2) is 0 Å². The molecule has 0 fully saturated rings. The predicted molar refractivity (Wildman–Crippen MR) is 127 cm³/mol. The standard InChI is InChI=1S/C29H28O2/c1-23(25-17-21-29(22-18-25)31-27-13-6-3-7-14-27)9-8-10-24-15-19-28(20-16-24)30-26-11-4-2-5-12-26/h2-7,11-23H,8-10H2,1H3. The van der Waals surface area contributed by atoms with Crippen LogP contribution < -0.4 is 9.47 Å². The van der Waals surface area contributed by atoms with Gasteiger partial charge in [-0.15, -0.1) is 0 Å². The summed E-state index contributed by atoms with van der Waals surface area (Å²) in [6.45, 7) is 2.30. The van der Waals surface area contributed by atoms with Gasteiger partial charge in [-0.05, 0) is 84.8 Å². The minimum atomic E-state index is 0.520. The predicted octanol–water partition coefficient (Wildman–Crippen LogP) is 8.40. The minimum Gasteiger partial charge on any atom is -0.457 e. The Hall–Kier alpha value is -3.52. The van der Waals surface area contributed by atoms with Crippen LogP contribution in [-0.2, 0) is 6.42 Å². The van der Waals surface area contributed by atoms with Crippen molar-refractivity contribution in [2.24, 2.45) is 0 Å². The van der Waals surface area contributed by atoms with Gasteiger partial charge in [0.15, 0.2) is 0 Å². The molecule has 0 aliphatic carbocycles. The number of aryl methyl sites for hydroxylation is 1. The molecule has 0 radical (unpaired) electrons. The molecule has 2 nitrogen and oxygen atoms in total. The molecule has 156 valence electrons. The number of para-hydroxylation sites is 2. The van der Waals surface area contributed by atoms with Crippen molar-refractivity contribution in [2.75, 3.05) is 0 Å². The van der Waals surface area contributed by atoms with E-state index in [0.29, 0.717) is 5.92 Å². The van der Waals surface area contributed by atoms with E-state index in [2.05, 4.69) is 55.5 Å². The van der Waals surface area contributed by atoms with Gasteiger partial charge in [-0.3, -0.25) is 0 Å². The zero-order valence-corrected chi connectivity index (χ0v) is 17.9. The Morgan fingerprint density at radius 3 is 1.52 bits per heavy atom. The van der Waals surface area contributed by atoms with E-state index < -0.39 is 0 Å². The molecule has 4 aromatic carbocycles. The quantitative estimate of drug-likeness (QED) is 0.277. The van der Waals surface area contributed by atoms with Gasteiger partial charge in [0.05, 0.1) is 0 Å². The lowest BCUT2D eigenvalue weighted by Gasteiger charge is -2.13. The topological polar surface area (TPSA) is 18.5 Å². The lowest BCUT2D eigenvalue weighted by Crippen LogP contribution is -1.96. The second kappa shape index (κ2) is 10.5. The minimum absolute atomic E-state index is 0.520. The van der Waals surface area contributed by atoms with E-state index in [0.717, 1.165) is 42.3 Å². The Kier molecular flexibility index (Phi) is 7.02. The molecule has 0 aliphatic heterocycles. The molecule has 0 aliphatic rings. The molecule has 4 rings (SSSR count). The van der Waals surface area contributed by atoms with Crippen molar-refractivity contribution in [3.05, 3.63) is 120 Å². The van der Waals surface area contributed by atoms with Gasteiger partial charge in [-0.1, -0.05) is 67.6 Å². The highest BCUT2D eigenvalue weighted by Crippen LogP contribution is 2.27. The summed E-state index contributed by atoms with van der Waals surface area (Å²) < 4.78 is 11.8. The van der Waals surface area contributed by atoms with Crippen molar-refractivity contribution >= 4 is 0 Å². The van der Waals surface area contributed by atoms with Crippen molar-refractivity contribution in [1.82, 2.24) is 0 Å². The van der Waals surface area contributed by atoms with Gasteiger partial charge in [-0.2, -0.15) is 0 Å². The summed E-state index contributed by atoms with van der Waals surface area (Å²) in [6, 6.07) is 36.7. The Labute approximate surface area is 185 Å². The second-order valence-corrected chi connectivity index (χ2v) is 7.84. The third-order valence-electron chi connectivity index (χ3n) is 5.43.